The van der Waals surface area contributed by atoms with Gasteiger partial charge in [0.05, 0.1) is 12.2 Å². The fraction of sp³-hybridized carbons (Fsp3) is 0.600. The Morgan fingerprint density at radius 2 is 2.08 bits per heavy atom. The van der Waals surface area contributed by atoms with Crippen LogP contribution < -0.4 is 5.32 Å². The van der Waals surface area contributed by atoms with Crippen LogP contribution in [0.2, 0.25) is 0 Å². The zero-order chi connectivity index (χ0) is 18.9. The summed E-state index contributed by atoms with van der Waals surface area (Å²) in [6.45, 7) is 6.01. The number of halogens is 1. The Morgan fingerprint density at radius 3 is 2.73 bits per heavy atom. The zero-order valence-electron chi connectivity index (χ0n) is 15.6. The quantitative estimate of drug-likeness (QED) is 0.899. The van der Waals surface area contributed by atoms with Crippen LogP contribution in [0.15, 0.2) is 24.3 Å². The van der Waals surface area contributed by atoms with Crippen LogP contribution in [0.25, 0.3) is 0 Å². The molecular formula is C20H27FN2O3. The highest BCUT2D eigenvalue weighted by atomic mass is 19.1. The fourth-order valence-electron chi connectivity index (χ4n) is 4.15. The van der Waals surface area contributed by atoms with Crippen LogP contribution >= 0.6 is 0 Å². The number of rotatable bonds is 3. The molecule has 0 radical (unpaired) electrons. The van der Waals surface area contributed by atoms with Crippen LogP contribution in [-0.2, 0) is 9.53 Å². The van der Waals surface area contributed by atoms with E-state index in [1.54, 1.807) is 12.1 Å². The molecule has 3 atom stereocenters. The predicted octanol–water partition coefficient (Wildman–Crippen LogP) is 3.10. The molecule has 0 bridgehead atoms. The lowest BCUT2D eigenvalue weighted by atomic mass is 9.83. The molecule has 142 valence electrons. The molecule has 1 aliphatic carbocycles. The first kappa shape index (κ1) is 18.8. The Kier molecular flexibility index (Phi) is 5.32. The average Bonchev–Trinajstić information content (AvgIpc) is 2.92. The molecule has 1 aromatic rings. The van der Waals surface area contributed by atoms with Crippen molar-refractivity contribution in [1.29, 1.82) is 0 Å². The standard InChI is InChI=1S/C20H27FN2O3/c1-13(2)22-18(24)17-12-26-20(10-6-7-14(3)11-20)23(17)19(25)15-8-4-5-9-16(15)21/h4-5,8-9,13-14,17H,6-7,10-12H2,1-3H3,(H,22,24). The first-order valence-corrected chi connectivity index (χ1v) is 9.36. The maximum atomic E-state index is 14.3. The fourth-order valence-corrected chi connectivity index (χ4v) is 4.15. The number of nitrogens with zero attached hydrogens (tertiary/aromatic N) is 1. The Balaban J connectivity index is 1.98. The third kappa shape index (κ3) is 3.47. The van der Waals surface area contributed by atoms with Gasteiger partial charge in [-0.25, -0.2) is 4.39 Å². The second kappa shape index (κ2) is 7.35. The highest BCUT2D eigenvalue weighted by molar-refractivity contribution is 5.98. The van der Waals surface area contributed by atoms with E-state index in [0.717, 1.165) is 12.8 Å². The van der Waals surface area contributed by atoms with Crippen molar-refractivity contribution in [3.8, 4) is 0 Å². The van der Waals surface area contributed by atoms with Crippen molar-refractivity contribution in [2.24, 2.45) is 5.92 Å². The monoisotopic (exact) mass is 362 g/mol. The van der Waals surface area contributed by atoms with Gasteiger partial charge in [-0.15, -0.1) is 0 Å². The molecule has 26 heavy (non-hydrogen) atoms. The molecule has 1 spiro atoms. The summed E-state index contributed by atoms with van der Waals surface area (Å²) in [7, 11) is 0. The molecular weight excluding hydrogens is 335 g/mol. The van der Waals surface area contributed by atoms with E-state index >= 15 is 0 Å². The second-order valence-electron chi connectivity index (χ2n) is 7.79. The first-order valence-electron chi connectivity index (χ1n) is 9.36. The molecule has 3 rings (SSSR count). The SMILES string of the molecule is CC1CCCC2(C1)OCC(C(=O)NC(C)C)N2C(=O)c1ccccc1F. The molecule has 1 N–H and O–H groups in total. The van der Waals surface area contributed by atoms with E-state index in [2.05, 4.69) is 12.2 Å². The van der Waals surface area contributed by atoms with Gasteiger partial charge in [-0.3, -0.25) is 14.5 Å². The Hall–Kier alpha value is -1.95. The summed E-state index contributed by atoms with van der Waals surface area (Å²) in [6, 6.07) is 5.13. The largest absolute Gasteiger partial charge is 0.353 e. The highest BCUT2D eigenvalue weighted by Gasteiger charge is 2.54. The molecule has 5 nitrogen and oxygen atoms in total. The lowest BCUT2D eigenvalue weighted by molar-refractivity contribution is -0.128. The minimum Gasteiger partial charge on any atom is -0.353 e. The predicted molar refractivity (Wildman–Crippen MR) is 96.0 cm³/mol. The van der Waals surface area contributed by atoms with Crippen LogP contribution in [0.3, 0.4) is 0 Å². The van der Waals surface area contributed by atoms with Gasteiger partial charge in [0, 0.05) is 6.04 Å². The van der Waals surface area contributed by atoms with Crippen molar-refractivity contribution in [3.63, 3.8) is 0 Å². The molecule has 0 aromatic heterocycles. The number of nitrogens with one attached hydrogen (secondary N) is 1. The van der Waals surface area contributed by atoms with Crippen LogP contribution in [-0.4, -0.2) is 41.1 Å². The van der Waals surface area contributed by atoms with Gasteiger partial charge in [0.15, 0.2) is 0 Å². The summed E-state index contributed by atoms with van der Waals surface area (Å²) in [5.74, 6) is -0.920. The number of hydrogen-bond donors (Lipinski definition) is 1. The lowest BCUT2D eigenvalue weighted by Gasteiger charge is -2.43. The lowest BCUT2D eigenvalue weighted by Crippen LogP contribution is -2.57. The smallest absolute Gasteiger partial charge is 0.259 e. The zero-order valence-corrected chi connectivity index (χ0v) is 15.6. The van der Waals surface area contributed by atoms with Crippen molar-refractivity contribution >= 4 is 11.8 Å². The number of hydrogen-bond acceptors (Lipinski definition) is 3. The summed E-state index contributed by atoms with van der Waals surface area (Å²) in [5, 5.41) is 2.86. The minimum atomic E-state index is -0.823. The Bertz CT molecular complexity index is 693. The summed E-state index contributed by atoms with van der Waals surface area (Å²) >= 11 is 0. The maximum absolute atomic E-state index is 14.3. The van der Waals surface area contributed by atoms with Gasteiger partial charge >= 0.3 is 0 Å². The van der Waals surface area contributed by atoms with E-state index in [1.165, 1.54) is 17.0 Å². The van der Waals surface area contributed by atoms with Crippen molar-refractivity contribution in [3.05, 3.63) is 35.6 Å². The van der Waals surface area contributed by atoms with E-state index in [0.29, 0.717) is 18.8 Å². The normalized spacial score (nSPS) is 28.6. The van der Waals surface area contributed by atoms with Gasteiger partial charge in [-0.1, -0.05) is 25.5 Å². The molecule has 1 saturated heterocycles. The van der Waals surface area contributed by atoms with Crippen LogP contribution in [0.5, 0.6) is 0 Å². The second-order valence-corrected chi connectivity index (χ2v) is 7.79. The van der Waals surface area contributed by atoms with E-state index in [9.17, 15) is 14.0 Å². The van der Waals surface area contributed by atoms with Crippen LogP contribution in [0.1, 0.15) is 56.8 Å². The number of ether oxygens (including phenoxy) is 1. The van der Waals surface area contributed by atoms with Crippen LogP contribution in [0.4, 0.5) is 4.39 Å². The summed E-state index contributed by atoms with van der Waals surface area (Å²) in [4.78, 5) is 27.5. The molecule has 2 amide bonds. The Labute approximate surface area is 153 Å². The van der Waals surface area contributed by atoms with Gasteiger partial charge in [0.25, 0.3) is 5.91 Å². The van der Waals surface area contributed by atoms with E-state index in [-0.39, 0.29) is 24.1 Å². The average molecular weight is 362 g/mol. The number of benzene rings is 1. The molecule has 1 heterocycles. The van der Waals surface area contributed by atoms with Gasteiger partial charge in [0.1, 0.15) is 17.6 Å². The Morgan fingerprint density at radius 1 is 1.35 bits per heavy atom. The minimum absolute atomic E-state index is 0.0158. The van der Waals surface area contributed by atoms with Crippen molar-refractivity contribution in [2.45, 2.75) is 64.3 Å². The molecule has 1 saturated carbocycles. The molecule has 3 unspecified atom stereocenters. The van der Waals surface area contributed by atoms with Gasteiger partial charge < -0.3 is 10.1 Å². The molecule has 6 heteroatoms. The third-order valence-electron chi connectivity index (χ3n) is 5.25. The first-order chi connectivity index (χ1) is 12.3. The number of carbonyl (C=O) groups excluding carboxylic acids is 2. The molecule has 2 fully saturated rings. The van der Waals surface area contributed by atoms with Crippen molar-refractivity contribution in [2.75, 3.05) is 6.61 Å². The molecule has 1 aliphatic heterocycles. The molecule has 2 aliphatic rings. The maximum Gasteiger partial charge on any atom is 0.259 e. The van der Waals surface area contributed by atoms with Crippen LogP contribution in [0, 0.1) is 11.7 Å². The highest BCUT2D eigenvalue weighted by Crippen LogP contribution is 2.43. The number of amides is 2. The summed E-state index contributed by atoms with van der Waals surface area (Å²) < 4.78 is 20.4. The third-order valence-corrected chi connectivity index (χ3v) is 5.25. The van der Waals surface area contributed by atoms with E-state index < -0.39 is 23.5 Å². The number of carbonyl (C=O) groups is 2. The van der Waals surface area contributed by atoms with E-state index in [4.69, 9.17) is 4.74 Å². The molecule has 1 aromatic carbocycles. The van der Waals surface area contributed by atoms with E-state index in [1.807, 2.05) is 13.8 Å². The van der Waals surface area contributed by atoms with Gasteiger partial charge in [0.2, 0.25) is 5.91 Å². The van der Waals surface area contributed by atoms with Crippen molar-refractivity contribution in [1.82, 2.24) is 10.2 Å². The topological polar surface area (TPSA) is 58.6 Å². The summed E-state index contributed by atoms with van der Waals surface area (Å²) in [5.41, 5.74) is -0.839. The van der Waals surface area contributed by atoms with Gasteiger partial charge in [-0.05, 0) is 51.2 Å². The van der Waals surface area contributed by atoms with Gasteiger partial charge in [-0.2, -0.15) is 0 Å². The van der Waals surface area contributed by atoms with Crippen molar-refractivity contribution < 1.29 is 18.7 Å². The summed E-state index contributed by atoms with van der Waals surface area (Å²) in [6.07, 6.45) is 3.32.